The van der Waals surface area contributed by atoms with Crippen molar-refractivity contribution in [1.29, 1.82) is 0 Å². The van der Waals surface area contributed by atoms with Gasteiger partial charge in [0.25, 0.3) is 0 Å². The number of benzene rings is 1. The summed E-state index contributed by atoms with van der Waals surface area (Å²) < 4.78 is 32.2. The molecule has 0 spiro atoms. The smallest absolute Gasteiger partial charge is 0.340 e. The van der Waals surface area contributed by atoms with Crippen LogP contribution in [0.15, 0.2) is 24.3 Å². The quantitative estimate of drug-likeness (QED) is 0.772. The zero-order valence-corrected chi connectivity index (χ0v) is 14.8. The molecule has 0 unspecified atom stereocenters. The lowest BCUT2D eigenvalue weighted by Gasteiger charge is -2.29. The first-order chi connectivity index (χ1) is 10.8. The van der Waals surface area contributed by atoms with E-state index in [0.717, 1.165) is 19.3 Å². The van der Waals surface area contributed by atoms with Crippen LogP contribution in [0.5, 0.6) is 0 Å². The number of ether oxygens (including phenoxy) is 1. The molecule has 0 radical (unpaired) electrons. The Bertz CT molecular complexity index is 648. The molecule has 0 atom stereocenters. The van der Waals surface area contributed by atoms with Gasteiger partial charge in [-0.3, -0.25) is 4.31 Å². The molecule has 2 rings (SSSR count). The van der Waals surface area contributed by atoms with E-state index in [1.54, 1.807) is 38.1 Å². The number of rotatable bonds is 5. The summed E-state index contributed by atoms with van der Waals surface area (Å²) in [5.74, 6) is -0.499. The fourth-order valence-corrected chi connectivity index (χ4v) is 4.73. The molecule has 1 aromatic carbocycles. The SMILES string of the molecule is CC(C)OC(=O)c1ccccc1N(C)S(=O)(=O)C1CCCCC1. The molecule has 0 aromatic heterocycles. The van der Waals surface area contributed by atoms with Gasteiger partial charge in [0, 0.05) is 7.05 Å². The van der Waals surface area contributed by atoms with Crippen LogP contribution >= 0.6 is 0 Å². The van der Waals surface area contributed by atoms with E-state index in [1.165, 1.54) is 11.4 Å². The summed E-state index contributed by atoms with van der Waals surface area (Å²) in [5, 5.41) is -0.365. The van der Waals surface area contributed by atoms with Gasteiger partial charge in [-0.05, 0) is 38.8 Å². The van der Waals surface area contributed by atoms with Crippen molar-refractivity contribution in [2.45, 2.75) is 57.3 Å². The maximum absolute atomic E-state index is 12.9. The van der Waals surface area contributed by atoms with Crippen molar-refractivity contribution in [2.75, 3.05) is 11.4 Å². The normalized spacial score (nSPS) is 16.3. The zero-order chi connectivity index (χ0) is 17.0. The van der Waals surface area contributed by atoms with E-state index in [1.807, 2.05) is 0 Å². The Hall–Kier alpha value is -1.56. The van der Waals surface area contributed by atoms with E-state index < -0.39 is 16.0 Å². The van der Waals surface area contributed by atoms with Crippen LogP contribution in [0, 0.1) is 0 Å². The first-order valence-corrected chi connectivity index (χ1v) is 9.62. The monoisotopic (exact) mass is 339 g/mol. The van der Waals surface area contributed by atoms with E-state index in [0.29, 0.717) is 18.5 Å². The number of carbonyl (C=O) groups is 1. The van der Waals surface area contributed by atoms with Gasteiger partial charge in [0.15, 0.2) is 0 Å². The van der Waals surface area contributed by atoms with Crippen LogP contribution in [0.2, 0.25) is 0 Å². The lowest BCUT2D eigenvalue weighted by atomic mass is 10.0. The van der Waals surface area contributed by atoms with Gasteiger partial charge in [0.2, 0.25) is 10.0 Å². The number of hydrogen-bond donors (Lipinski definition) is 0. The number of anilines is 1. The fraction of sp³-hybridized carbons (Fsp3) is 0.588. The molecule has 0 N–H and O–H groups in total. The molecule has 0 bridgehead atoms. The summed E-state index contributed by atoms with van der Waals surface area (Å²) in [4.78, 5) is 12.2. The minimum absolute atomic E-state index is 0.254. The summed E-state index contributed by atoms with van der Waals surface area (Å²) in [6.07, 6.45) is 4.09. The Labute approximate surface area is 138 Å². The molecule has 0 heterocycles. The number of para-hydroxylation sites is 1. The number of carbonyl (C=O) groups excluding carboxylic acids is 1. The number of nitrogens with zero attached hydrogens (tertiary/aromatic N) is 1. The Morgan fingerprint density at radius 1 is 1.17 bits per heavy atom. The molecule has 0 saturated heterocycles. The molecule has 1 aliphatic carbocycles. The third kappa shape index (κ3) is 4.05. The fourth-order valence-electron chi connectivity index (χ4n) is 2.92. The summed E-state index contributed by atoms with van der Waals surface area (Å²) in [7, 11) is -1.95. The first kappa shape index (κ1) is 17.8. The van der Waals surface area contributed by atoms with Crippen LogP contribution in [0.25, 0.3) is 0 Å². The maximum Gasteiger partial charge on any atom is 0.340 e. The largest absolute Gasteiger partial charge is 0.459 e. The predicted molar refractivity (Wildman–Crippen MR) is 91.2 cm³/mol. The summed E-state index contributed by atoms with van der Waals surface area (Å²) in [5.41, 5.74) is 0.659. The molecule has 1 fully saturated rings. The van der Waals surface area contributed by atoms with Crippen molar-refractivity contribution in [2.24, 2.45) is 0 Å². The highest BCUT2D eigenvalue weighted by atomic mass is 32.2. The molecule has 1 aliphatic rings. The van der Waals surface area contributed by atoms with Crippen molar-refractivity contribution < 1.29 is 17.9 Å². The highest BCUT2D eigenvalue weighted by Crippen LogP contribution is 2.30. The topological polar surface area (TPSA) is 63.7 Å². The lowest BCUT2D eigenvalue weighted by molar-refractivity contribution is 0.0379. The minimum atomic E-state index is -3.47. The Kier molecular flexibility index (Phi) is 5.68. The van der Waals surface area contributed by atoms with Crippen LogP contribution in [0.1, 0.15) is 56.3 Å². The molecule has 0 amide bonds. The van der Waals surface area contributed by atoms with Crippen molar-refractivity contribution in [3.05, 3.63) is 29.8 Å². The van der Waals surface area contributed by atoms with Crippen LogP contribution in [0.3, 0.4) is 0 Å². The molecule has 0 aliphatic heterocycles. The molecule has 128 valence electrons. The van der Waals surface area contributed by atoms with Gasteiger partial charge in [-0.15, -0.1) is 0 Å². The van der Waals surface area contributed by atoms with Gasteiger partial charge in [-0.25, -0.2) is 13.2 Å². The van der Waals surface area contributed by atoms with Crippen molar-refractivity contribution >= 4 is 21.7 Å². The molecule has 23 heavy (non-hydrogen) atoms. The Balaban J connectivity index is 2.32. The summed E-state index contributed by atoms with van der Waals surface area (Å²) >= 11 is 0. The summed E-state index contributed by atoms with van der Waals surface area (Å²) in [6.45, 7) is 3.53. The molecular weight excluding hydrogens is 314 g/mol. The lowest BCUT2D eigenvalue weighted by Crippen LogP contribution is -2.38. The molecule has 5 nitrogen and oxygen atoms in total. The highest BCUT2D eigenvalue weighted by molar-refractivity contribution is 7.93. The standard InChI is InChI=1S/C17H25NO4S/c1-13(2)22-17(19)15-11-7-8-12-16(15)18(3)23(20,21)14-9-5-4-6-10-14/h7-8,11-14H,4-6,9-10H2,1-3H3. The first-order valence-electron chi connectivity index (χ1n) is 8.11. The minimum Gasteiger partial charge on any atom is -0.459 e. The Morgan fingerprint density at radius 3 is 2.39 bits per heavy atom. The van der Waals surface area contributed by atoms with E-state index in [9.17, 15) is 13.2 Å². The Morgan fingerprint density at radius 2 is 1.78 bits per heavy atom. The van der Waals surface area contributed by atoms with Gasteiger partial charge in [-0.2, -0.15) is 0 Å². The van der Waals surface area contributed by atoms with Gasteiger partial charge in [0.05, 0.1) is 22.6 Å². The molecule has 1 aromatic rings. The molecule has 6 heteroatoms. The van der Waals surface area contributed by atoms with Gasteiger partial charge < -0.3 is 4.74 Å². The average Bonchev–Trinajstić information content (AvgIpc) is 2.54. The number of sulfonamides is 1. The average molecular weight is 339 g/mol. The van der Waals surface area contributed by atoms with Crippen molar-refractivity contribution in [3.63, 3.8) is 0 Å². The number of hydrogen-bond acceptors (Lipinski definition) is 4. The van der Waals surface area contributed by atoms with E-state index in [2.05, 4.69) is 0 Å². The predicted octanol–water partition coefficient (Wildman–Crippen LogP) is 3.35. The van der Waals surface area contributed by atoms with Crippen LogP contribution in [-0.4, -0.2) is 32.8 Å². The molecule has 1 saturated carbocycles. The van der Waals surface area contributed by atoms with E-state index >= 15 is 0 Å². The third-order valence-electron chi connectivity index (χ3n) is 4.16. The van der Waals surface area contributed by atoms with Crippen molar-refractivity contribution in [1.82, 2.24) is 0 Å². The highest BCUT2D eigenvalue weighted by Gasteiger charge is 2.32. The zero-order valence-electron chi connectivity index (χ0n) is 14.0. The summed E-state index contributed by atoms with van der Waals surface area (Å²) in [6, 6.07) is 6.69. The van der Waals surface area contributed by atoms with Gasteiger partial charge in [-0.1, -0.05) is 31.4 Å². The molecular formula is C17H25NO4S. The van der Waals surface area contributed by atoms with E-state index in [-0.39, 0.29) is 16.9 Å². The van der Waals surface area contributed by atoms with Gasteiger partial charge >= 0.3 is 5.97 Å². The maximum atomic E-state index is 12.9. The second-order valence-electron chi connectivity index (χ2n) is 6.24. The van der Waals surface area contributed by atoms with Crippen molar-refractivity contribution in [3.8, 4) is 0 Å². The van der Waals surface area contributed by atoms with Gasteiger partial charge in [0.1, 0.15) is 0 Å². The second kappa shape index (κ2) is 7.34. The van der Waals surface area contributed by atoms with Crippen LogP contribution in [-0.2, 0) is 14.8 Å². The second-order valence-corrected chi connectivity index (χ2v) is 8.49. The van der Waals surface area contributed by atoms with E-state index in [4.69, 9.17) is 4.74 Å². The van der Waals surface area contributed by atoms with Crippen LogP contribution in [0.4, 0.5) is 5.69 Å². The van der Waals surface area contributed by atoms with Crippen LogP contribution < -0.4 is 4.31 Å². The number of esters is 1. The third-order valence-corrected chi connectivity index (χ3v) is 6.44.